The molecule has 0 aromatic heterocycles. The van der Waals surface area contributed by atoms with Crippen molar-refractivity contribution < 1.29 is 9.90 Å². The lowest BCUT2D eigenvalue weighted by Crippen LogP contribution is -2.03. The van der Waals surface area contributed by atoms with E-state index in [-0.39, 0.29) is 0 Å². The number of rotatable bonds is 3. The number of hydrogen-bond donors (Lipinski definition) is 1. The van der Waals surface area contributed by atoms with Gasteiger partial charge in [-0.15, -0.1) is 0 Å². The van der Waals surface area contributed by atoms with Gasteiger partial charge < -0.3 is 5.11 Å². The Morgan fingerprint density at radius 3 is 2.35 bits per heavy atom. The Hall–Kier alpha value is -2.09. The van der Waals surface area contributed by atoms with E-state index in [0.717, 1.165) is 16.7 Å². The van der Waals surface area contributed by atoms with Crippen LogP contribution in [-0.2, 0) is 6.42 Å². The fourth-order valence-corrected chi connectivity index (χ4v) is 2.06. The molecule has 0 atom stereocenters. The summed E-state index contributed by atoms with van der Waals surface area (Å²) in [5.74, 6) is -0.861. The van der Waals surface area contributed by atoms with Gasteiger partial charge in [-0.05, 0) is 29.2 Å². The van der Waals surface area contributed by atoms with E-state index in [1.807, 2.05) is 43.3 Å². The van der Waals surface area contributed by atoms with Gasteiger partial charge in [-0.3, -0.25) is 0 Å². The standard InChI is InChI=1S/C15H14O2/c1-2-12-13(11-7-4-3-5-8-11)9-6-10-14(12)15(16)17/h3-10H,2H2,1H3,(H,16,17). The van der Waals surface area contributed by atoms with Crippen molar-refractivity contribution in [1.29, 1.82) is 0 Å². The zero-order chi connectivity index (χ0) is 12.3. The Bertz CT molecular complexity index is 530. The molecule has 0 heterocycles. The van der Waals surface area contributed by atoms with Crippen LogP contribution >= 0.6 is 0 Å². The van der Waals surface area contributed by atoms with Gasteiger partial charge in [-0.2, -0.15) is 0 Å². The maximum Gasteiger partial charge on any atom is 0.335 e. The number of benzene rings is 2. The monoisotopic (exact) mass is 226 g/mol. The average molecular weight is 226 g/mol. The molecule has 2 aromatic rings. The molecule has 0 radical (unpaired) electrons. The Morgan fingerprint density at radius 1 is 1.06 bits per heavy atom. The molecule has 1 N–H and O–H groups in total. The van der Waals surface area contributed by atoms with Crippen molar-refractivity contribution in [2.45, 2.75) is 13.3 Å². The predicted octanol–water partition coefficient (Wildman–Crippen LogP) is 3.61. The van der Waals surface area contributed by atoms with E-state index in [4.69, 9.17) is 5.11 Å². The number of hydrogen-bond acceptors (Lipinski definition) is 1. The van der Waals surface area contributed by atoms with Gasteiger partial charge in [0.1, 0.15) is 0 Å². The molecule has 0 spiro atoms. The molecule has 0 unspecified atom stereocenters. The molecule has 0 amide bonds. The van der Waals surface area contributed by atoms with Crippen molar-refractivity contribution in [3.8, 4) is 11.1 Å². The predicted molar refractivity (Wildman–Crippen MR) is 68.2 cm³/mol. The number of aromatic carboxylic acids is 1. The molecule has 2 aromatic carbocycles. The first-order valence-electron chi connectivity index (χ1n) is 5.64. The van der Waals surface area contributed by atoms with Gasteiger partial charge in [0.05, 0.1) is 5.56 Å². The topological polar surface area (TPSA) is 37.3 Å². The lowest BCUT2D eigenvalue weighted by molar-refractivity contribution is 0.0696. The first-order chi connectivity index (χ1) is 8.24. The van der Waals surface area contributed by atoms with Crippen LogP contribution in [0.25, 0.3) is 11.1 Å². The molecule has 0 bridgehead atoms. The van der Waals surface area contributed by atoms with Crippen LogP contribution in [0.5, 0.6) is 0 Å². The van der Waals surface area contributed by atoms with Crippen molar-refractivity contribution in [2.75, 3.05) is 0 Å². The molecule has 0 saturated heterocycles. The molecule has 0 fully saturated rings. The molecular weight excluding hydrogens is 212 g/mol. The molecular formula is C15H14O2. The largest absolute Gasteiger partial charge is 0.478 e. The normalized spacial score (nSPS) is 10.2. The second-order valence-corrected chi connectivity index (χ2v) is 3.86. The SMILES string of the molecule is CCc1c(C(=O)O)cccc1-c1ccccc1. The third-order valence-electron chi connectivity index (χ3n) is 2.84. The summed E-state index contributed by atoms with van der Waals surface area (Å²) in [6.07, 6.45) is 0.715. The Balaban J connectivity index is 2.63. The van der Waals surface area contributed by atoms with Crippen molar-refractivity contribution in [1.82, 2.24) is 0 Å². The highest BCUT2D eigenvalue weighted by Crippen LogP contribution is 2.26. The van der Waals surface area contributed by atoms with Crippen LogP contribution in [0.2, 0.25) is 0 Å². The van der Waals surface area contributed by atoms with Crippen molar-refractivity contribution in [3.05, 3.63) is 59.7 Å². The maximum atomic E-state index is 11.2. The fourth-order valence-electron chi connectivity index (χ4n) is 2.06. The Morgan fingerprint density at radius 2 is 1.76 bits per heavy atom. The number of carboxylic acid groups (broad SMARTS) is 1. The molecule has 0 aliphatic carbocycles. The molecule has 0 aliphatic heterocycles. The second-order valence-electron chi connectivity index (χ2n) is 3.86. The molecule has 0 aliphatic rings. The maximum absolute atomic E-state index is 11.2. The van der Waals surface area contributed by atoms with Crippen molar-refractivity contribution in [3.63, 3.8) is 0 Å². The zero-order valence-electron chi connectivity index (χ0n) is 9.68. The molecule has 2 nitrogen and oxygen atoms in total. The summed E-state index contributed by atoms with van der Waals surface area (Å²) >= 11 is 0. The lowest BCUT2D eigenvalue weighted by Gasteiger charge is -2.11. The van der Waals surface area contributed by atoms with Gasteiger partial charge in [0.2, 0.25) is 0 Å². The quantitative estimate of drug-likeness (QED) is 0.868. The second kappa shape index (κ2) is 4.83. The summed E-state index contributed by atoms with van der Waals surface area (Å²) in [6, 6.07) is 15.3. The summed E-state index contributed by atoms with van der Waals surface area (Å²) in [7, 11) is 0. The number of carboxylic acids is 1. The Labute approximate surface area is 101 Å². The van der Waals surface area contributed by atoms with Crippen LogP contribution < -0.4 is 0 Å². The molecule has 2 rings (SSSR count). The summed E-state index contributed by atoms with van der Waals surface area (Å²) in [5.41, 5.74) is 3.36. The highest BCUT2D eigenvalue weighted by molar-refractivity contribution is 5.92. The van der Waals surface area contributed by atoms with Crippen LogP contribution in [0.3, 0.4) is 0 Å². The van der Waals surface area contributed by atoms with E-state index in [1.165, 1.54) is 0 Å². The molecule has 17 heavy (non-hydrogen) atoms. The highest BCUT2D eigenvalue weighted by atomic mass is 16.4. The minimum atomic E-state index is -0.861. The summed E-state index contributed by atoms with van der Waals surface area (Å²) < 4.78 is 0. The molecule has 0 saturated carbocycles. The summed E-state index contributed by atoms with van der Waals surface area (Å²) in [6.45, 7) is 1.98. The van der Waals surface area contributed by atoms with E-state index in [9.17, 15) is 4.79 Å². The van der Waals surface area contributed by atoms with Gasteiger partial charge in [0.25, 0.3) is 0 Å². The molecule has 2 heteroatoms. The highest BCUT2D eigenvalue weighted by Gasteiger charge is 2.12. The van der Waals surface area contributed by atoms with Crippen LogP contribution in [0.1, 0.15) is 22.8 Å². The number of carbonyl (C=O) groups is 1. The van der Waals surface area contributed by atoms with E-state index in [2.05, 4.69) is 0 Å². The third kappa shape index (κ3) is 2.21. The first kappa shape index (κ1) is 11.4. The van der Waals surface area contributed by atoms with E-state index < -0.39 is 5.97 Å². The smallest absolute Gasteiger partial charge is 0.335 e. The van der Waals surface area contributed by atoms with E-state index in [1.54, 1.807) is 12.1 Å². The van der Waals surface area contributed by atoms with Crippen LogP contribution in [0.15, 0.2) is 48.5 Å². The Kier molecular flexibility index (Phi) is 3.24. The van der Waals surface area contributed by atoms with Crippen molar-refractivity contribution >= 4 is 5.97 Å². The fraction of sp³-hybridized carbons (Fsp3) is 0.133. The average Bonchev–Trinajstić information content (AvgIpc) is 2.38. The van der Waals surface area contributed by atoms with Gasteiger partial charge in [-0.25, -0.2) is 4.79 Å². The minimum absolute atomic E-state index is 0.397. The van der Waals surface area contributed by atoms with E-state index in [0.29, 0.717) is 12.0 Å². The minimum Gasteiger partial charge on any atom is -0.478 e. The van der Waals surface area contributed by atoms with Gasteiger partial charge in [0.15, 0.2) is 0 Å². The van der Waals surface area contributed by atoms with Gasteiger partial charge in [-0.1, -0.05) is 49.4 Å². The summed E-state index contributed by atoms with van der Waals surface area (Å²) in [5, 5.41) is 9.17. The lowest BCUT2D eigenvalue weighted by atomic mass is 9.94. The van der Waals surface area contributed by atoms with Crippen molar-refractivity contribution in [2.24, 2.45) is 0 Å². The van der Waals surface area contributed by atoms with Crippen LogP contribution in [-0.4, -0.2) is 11.1 Å². The van der Waals surface area contributed by atoms with Crippen LogP contribution in [0, 0.1) is 0 Å². The molecule has 86 valence electrons. The van der Waals surface area contributed by atoms with E-state index >= 15 is 0 Å². The first-order valence-corrected chi connectivity index (χ1v) is 5.64. The summed E-state index contributed by atoms with van der Waals surface area (Å²) in [4.78, 5) is 11.2. The zero-order valence-corrected chi connectivity index (χ0v) is 9.68. The van der Waals surface area contributed by atoms with Gasteiger partial charge >= 0.3 is 5.97 Å². The van der Waals surface area contributed by atoms with Crippen LogP contribution in [0.4, 0.5) is 0 Å². The van der Waals surface area contributed by atoms with Gasteiger partial charge in [0, 0.05) is 0 Å². The third-order valence-corrected chi connectivity index (χ3v) is 2.84.